The fourth-order valence-corrected chi connectivity index (χ4v) is 23.3. The first kappa shape index (κ1) is 64.4. The maximum atomic E-state index is 18.0. The summed E-state index contributed by atoms with van der Waals surface area (Å²) in [5.41, 5.74) is 7.00. The number of rotatable bonds is 12. The Kier molecular flexibility index (Phi) is 20.1. The van der Waals surface area contributed by atoms with Crippen LogP contribution >= 0.6 is 43.2 Å². The Morgan fingerprint density at radius 3 is 2.40 bits per heavy atom. The quantitative estimate of drug-likeness (QED) is 0.0425. The van der Waals surface area contributed by atoms with Crippen LogP contribution in [0.3, 0.4) is 0 Å². The molecular formula is C75H88N2O10S4. The van der Waals surface area contributed by atoms with Crippen molar-refractivity contribution in [1.29, 1.82) is 0 Å². The minimum atomic E-state index is -1.77. The number of phenolic OH excluding ortho intramolecular Hbond substituents is 2. The summed E-state index contributed by atoms with van der Waals surface area (Å²) in [7, 11) is 8.22. The van der Waals surface area contributed by atoms with E-state index >= 15 is 4.79 Å². The second-order valence-corrected chi connectivity index (χ2v) is 31.9. The summed E-state index contributed by atoms with van der Waals surface area (Å²) in [6.45, 7) is 2.23. The highest BCUT2D eigenvalue weighted by Crippen LogP contribution is 2.59. The van der Waals surface area contributed by atoms with Crippen LogP contribution in [0.2, 0.25) is 0 Å². The van der Waals surface area contributed by atoms with Gasteiger partial charge in [-0.3, -0.25) is 4.79 Å². The molecule has 4 heterocycles. The predicted molar refractivity (Wildman–Crippen MR) is 369 cm³/mol. The third kappa shape index (κ3) is 12.6. The molecule has 91 heavy (non-hydrogen) atoms. The molecule has 8 N–H and O–H groups in total. The van der Waals surface area contributed by atoms with Crippen molar-refractivity contribution in [3.63, 3.8) is 0 Å². The first-order valence-electron chi connectivity index (χ1n) is 33.2. The molecule has 1 saturated heterocycles. The third-order valence-electron chi connectivity index (χ3n) is 21.9. The molecule has 3 saturated carbocycles. The first-order valence-corrected chi connectivity index (χ1v) is 38.1. The molecule has 13 atom stereocenters. The fourth-order valence-electron chi connectivity index (χ4n) is 17.6. The number of aromatic hydroxyl groups is 2. The van der Waals surface area contributed by atoms with Crippen LogP contribution in [0.15, 0.2) is 128 Å². The second-order valence-electron chi connectivity index (χ2n) is 26.7. The molecule has 6 aromatic carbocycles. The van der Waals surface area contributed by atoms with Gasteiger partial charge in [-0.1, -0.05) is 142 Å². The number of aliphatic hydroxyl groups is 4. The molecule has 0 unspecified atom stereocenters. The van der Waals surface area contributed by atoms with E-state index in [1.54, 1.807) is 62.4 Å². The second kappa shape index (κ2) is 28.4. The molecule has 6 aliphatic rings. The summed E-state index contributed by atoms with van der Waals surface area (Å²) in [4.78, 5) is 21.3. The Morgan fingerprint density at radius 1 is 0.758 bits per heavy atom. The van der Waals surface area contributed by atoms with Crippen LogP contribution in [-0.2, 0) is 47.9 Å². The van der Waals surface area contributed by atoms with Gasteiger partial charge in [0.15, 0.2) is 35.6 Å². The number of piperidine rings is 1. The number of aromatic nitrogens is 1. The standard InChI is InChI=1S/C75H88N2O10S4/c1-3-47-20-21-48-15-9-17-58-67(40-78)91-90-42-54-34-68(82)75(62-43-89-88-41-52-14-7-8-19-64(52)87-66-33-51(62)23-25-65(66)86-44-79,56-35-55(36-57(80)37-56)74-27-10-16-50(61(74)18-11-28-77-74)30-45-12-5-4-6-13-45)73(84)70(54)71(83)53(31-46-26-29-76-39-46)32-49-22-24-63(81)72(85-2)60(49)38-59(47)69(48)58/h4-6,9,12-13,15,17,20-26,29,33,35-37,39,50,52-54,61-62,64,67-68,70-71,76-83H,3,7-8,10-11,14,16,18-19,27-28,30-32,34,38,40-44H2,1-2H3/t50-,52-,53-,54+,61-,62+,64+,67+,68+,70-,71+,74-,75+/m1/s1. The largest absolute Gasteiger partial charge is 0.508 e. The van der Waals surface area contributed by atoms with Crippen molar-refractivity contribution in [3.8, 4) is 28.7 Å². The highest BCUT2D eigenvalue weighted by Gasteiger charge is 2.62. The average Bonchev–Trinajstić information content (AvgIpc) is 1.47. The minimum Gasteiger partial charge on any atom is -0.508 e. The van der Waals surface area contributed by atoms with Crippen molar-refractivity contribution in [2.24, 2.45) is 35.5 Å². The predicted octanol–water partition coefficient (Wildman–Crippen LogP) is 14.1. The molecule has 16 heteroatoms. The van der Waals surface area contributed by atoms with Gasteiger partial charge in [0.25, 0.3) is 0 Å². The summed E-state index contributed by atoms with van der Waals surface area (Å²) in [6, 6.07) is 38.6. The molecular weight excluding hydrogens is 1220 g/mol. The third-order valence-corrected chi connectivity index (χ3v) is 27.3. The number of fused-ring (bicyclic) bond motifs is 6. The molecule has 3 aliphatic carbocycles. The molecule has 3 aliphatic heterocycles. The number of carbonyl (C=O) groups is 1. The number of aryl methyl sites for hydroxylation is 1. The average molecular weight is 1310 g/mol. The number of Topliss-reactive ketones (excluding diaryl/α,β-unsaturated/α-hetero) is 1. The Bertz CT molecular complexity index is 3660. The molecule has 482 valence electrons. The maximum Gasteiger partial charge on any atom is 0.186 e. The summed E-state index contributed by atoms with van der Waals surface area (Å²) in [5.74, 6) is 0.418. The lowest BCUT2D eigenvalue weighted by Crippen LogP contribution is -2.63. The highest BCUT2D eigenvalue weighted by molar-refractivity contribution is 8.77. The summed E-state index contributed by atoms with van der Waals surface area (Å²) >= 11 is 0. The van der Waals surface area contributed by atoms with E-state index in [-0.39, 0.29) is 48.2 Å². The number of ketones is 1. The van der Waals surface area contributed by atoms with Gasteiger partial charge < -0.3 is 55.2 Å². The van der Waals surface area contributed by atoms with E-state index < -0.39 is 58.9 Å². The van der Waals surface area contributed by atoms with E-state index in [2.05, 4.69) is 77.9 Å². The zero-order valence-corrected chi connectivity index (χ0v) is 55.5. The molecule has 4 fully saturated rings. The van der Waals surface area contributed by atoms with Gasteiger partial charge in [0.2, 0.25) is 0 Å². The monoisotopic (exact) mass is 1300 g/mol. The Balaban J connectivity index is 1.02. The number of benzene rings is 6. The van der Waals surface area contributed by atoms with Crippen molar-refractivity contribution >= 4 is 59.7 Å². The lowest BCUT2D eigenvalue weighted by Gasteiger charge is -2.54. The number of ether oxygens (including phenoxy) is 3. The van der Waals surface area contributed by atoms with E-state index in [1.165, 1.54) is 5.56 Å². The van der Waals surface area contributed by atoms with Crippen LogP contribution in [0.5, 0.6) is 28.7 Å². The highest BCUT2D eigenvalue weighted by atomic mass is 33.1. The number of methoxy groups -OCH3 is 1. The molecule has 1 aromatic heterocycles. The number of phenols is 2. The molecule has 0 spiro atoms. The maximum absolute atomic E-state index is 18.0. The van der Waals surface area contributed by atoms with Crippen molar-refractivity contribution in [1.82, 2.24) is 10.3 Å². The fraction of sp³-hybridized carbons (Fsp3) is 0.480. The van der Waals surface area contributed by atoms with Gasteiger partial charge >= 0.3 is 0 Å². The van der Waals surface area contributed by atoms with Crippen molar-refractivity contribution < 1.29 is 49.6 Å². The summed E-state index contributed by atoms with van der Waals surface area (Å²) in [6.07, 6.45) is 13.0. The molecule has 2 bridgehead atoms. The van der Waals surface area contributed by atoms with Crippen LogP contribution in [0.4, 0.5) is 0 Å². The normalized spacial score (nSPS) is 29.8. The van der Waals surface area contributed by atoms with Gasteiger partial charge in [-0.15, -0.1) is 0 Å². The van der Waals surface area contributed by atoms with E-state index in [9.17, 15) is 30.6 Å². The summed E-state index contributed by atoms with van der Waals surface area (Å²) < 4.78 is 19.2. The topological polar surface area (TPSA) is 194 Å². The van der Waals surface area contributed by atoms with Gasteiger partial charge in [-0.25, -0.2) is 0 Å². The molecule has 13 rings (SSSR count). The van der Waals surface area contributed by atoms with E-state index in [0.717, 1.165) is 138 Å². The van der Waals surface area contributed by atoms with Crippen molar-refractivity contribution in [2.75, 3.05) is 44.3 Å². The number of aromatic amines is 1. The van der Waals surface area contributed by atoms with E-state index in [1.807, 2.05) is 54.9 Å². The van der Waals surface area contributed by atoms with Gasteiger partial charge in [0, 0.05) is 64.9 Å². The Morgan fingerprint density at radius 2 is 1.58 bits per heavy atom. The van der Waals surface area contributed by atoms with Crippen molar-refractivity contribution in [2.45, 2.75) is 144 Å². The molecule has 12 nitrogen and oxygen atoms in total. The molecule has 7 aromatic rings. The van der Waals surface area contributed by atoms with E-state index in [4.69, 9.17) is 14.2 Å². The molecule has 0 amide bonds. The van der Waals surface area contributed by atoms with Crippen LogP contribution in [0, 0.1) is 35.5 Å². The number of aliphatic hydroxyl groups excluding tert-OH is 4. The number of hydrogen-bond acceptors (Lipinski definition) is 15. The van der Waals surface area contributed by atoms with Crippen LogP contribution in [0.1, 0.15) is 138 Å². The number of H-pyrrole nitrogens is 1. The van der Waals surface area contributed by atoms with Crippen molar-refractivity contribution in [3.05, 3.63) is 183 Å². The zero-order chi connectivity index (χ0) is 62.8. The van der Waals surface area contributed by atoms with Gasteiger partial charge in [-0.2, -0.15) is 0 Å². The SMILES string of the molecule is CCc1ccc2cccc3c2c1Cc1c(ccc(O)c1OC)C[C@@H](Cc1cc[nH]c1)[C@H](O)[C@@H]1C(=O)[C@@](c2cc(O)cc([C@]45CCC[C@H](Cc6ccccc6)[C@H]4CCCN5)c2)([C@H]2CSSC[C@H]4CCCC[C@@H]4Oc4cc2ccc4OCO)[C@@H](O)C[C@H]1CSS[C@H]3CO. The van der Waals surface area contributed by atoms with E-state index in [0.29, 0.717) is 59.5 Å². The van der Waals surface area contributed by atoms with Gasteiger partial charge in [-0.05, 0) is 205 Å². The lowest BCUT2D eigenvalue weighted by atomic mass is 9.52. The Labute approximate surface area is 551 Å². The summed E-state index contributed by atoms with van der Waals surface area (Å²) in [5, 5.41) is 80.6. The number of carbonyl (C=O) groups excluding carboxylic acids is 1. The zero-order valence-electron chi connectivity index (χ0n) is 52.3. The lowest BCUT2D eigenvalue weighted by molar-refractivity contribution is -0.150. The number of hydrogen-bond donors (Lipinski definition) is 8. The van der Waals surface area contributed by atoms with Crippen LogP contribution in [-0.4, -0.2) is 104 Å². The number of nitrogens with one attached hydrogen (secondary N) is 2. The first-order chi connectivity index (χ1) is 44.5. The minimum absolute atomic E-state index is 0.00215. The smallest absolute Gasteiger partial charge is 0.186 e. The van der Waals surface area contributed by atoms with Gasteiger partial charge in [0.05, 0.1) is 36.6 Å². The Hall–Kier alpha value is -5.27. The van der Waals surface area contributed by atoms with Crippen LogP contribution < -0.4 is 19.5 Å². The van der Waals surface area contributed by atoms with Crippen LogP contribution in [0.25, 0.3) is 10.8 Å². The molecule has 0 radical (unpaired) electrons. The van der Waals surface area contributed by atoms with Gasteiger partial charge in [0.1, 0.15) is 11.9 Å².